The van der Waals surface area contributed by atoms with Crippen LogP contribution in [-0.4, -0.2) is 57.9 Å². The molecule has 0 unspecified atom stereocenters. The van der Waals surface area contributed by atoms with Gasteiger partial charge in [-0.2, -0.15) is 4.98 Å². The number of nitrogen functional groups attached to an aromatic ring is 1. The summed E-state index contributed by atoms with van der Waals surface area (Å²) in [6.07, 6.45) is 5.09. The fourth-order valence-corrected chi connectivity index (χ4v) is 3.12. The van der Waals surface area contributed by atoms with Crippen molar-refractivity contribution >= 4 is 11.9 Å². The fraction of sp³-hybridized carbons (Fsp3) is 0.529. The second-order valence-corrected chi connectivity index (χ2v) is 6.81. The zero-order valence-electron chi connectivity index (χ0n) is 14.7. The van der Waals surface area contributed by atoms with E-state index in [4.69, 9.17) is 25.9 Å². The zero-order chi connectivity index (χ0) is 18.1. The second kappa shape index (κ2) is 7.00. The van der Waals surface area contributed by atoms with E-state index in [-0.39, 0.29) is 24.1 Å². The smallest absolute Gasteiger partial charge is 0.229 e. The Morgan fingerprint density at radius 3 is 2.69 bits per heavy atom. The van der Waals surface area contributed by atoms with Gasteiger partial charge in [-0.1, -0.05) is 0 Å². The van der Waals surface area contributed by atoms with Gasteiger partial charge in [0.1, 0.15) is 6.10 Å². The minimum atomic E-state index is 0.102. The monoisotopic (exact) mass is 357 g/mol. The molecule has 4 rings (SSSR count). The van der Waals surface area contributed by atoms with E-state index < -0.39 is 0 Å². The van der Waals surface area contributed by atoms with Crippen LogP contribution in [0.5, 0.6) is 5.88 Å². The first-order chi connectivity index (χ1) is 12.6. The van der Waals surface area contributed by atoms with Gasteiger partial charge in [0.05, 0.1) is 24.9 Å². The molecule has 0 amide bonds. The first-order valence-corrected chi connectivity index (χ1v) is 8.82. The molecule has 1 saturated heterocycles. The number of morpholine rings is 1. The van der Waals surface area contributed by atoms with Crippen LogP contribution in [0.25, 0.3) is 11.3 Å². The fourth-order valence-electron chi connectivity index (χ4n) is 3.12. The Bertz CT molecular complexity index is 764. The molecule has 1 saturated carbocycles. The maximum atomic E-state index is 6.02. The minimum absolute atomic E-state index is 0.102. The van der Waals surface area contributed by atoms with Crippen molar-refractivity contribution in [2.45, 2.75) is 38.0 Å². The summed E-state index contributed by atoms with van der Waals surface area (Å²) in [6, 6.07) is 2.21. The average Bonchev–Trinajstić information content (AvgIpc) is 2.61. The number of hydrogen-bond donors (Lipinski definition) is 2. The highest BCUT2D eigenvalue weighted by Crippen LogP contribution is 2.29. The third-order valence-electron chi connectivity index (χ3n) is 4.70. The molecule has 138 valence electrons. The second-order valence-electron chi connectivity index (χ2n) is 6.81. The summed E-state index contributed by atoms with van der Waals surface area (Å²) >= 11 is 0. The maximum Gasteiger partial charge on any atom is 0.229 e. The molecule has 26 heavy (non-hydrogen) atoms. The van der Waals surface area contributed by atoms with Crippen LogP contribution in [0.15, 0.2) is 18.5 Å². The molecule has 1 aliphatic carbocycles. The van der Waals surface area contributed by atoms with E-state index in [1.54, 1.807) is 12.4 Å². The molecule has 2 aliphatic rings. The van der Waals surface area contributed by atoms with Crippen LogP contribution in [0.3, 0.4) is 0 Å². The van der Waals surface area contributed by atoms with Crippen molar-refractivity contribution in [3.8, 4) is 17.1 Å². The number of rotatable bonds is 4. The molecule has 2 aromatic heterocycles. The number of nitrogens with two attached hydrogens (primary N) is 2. The van der Waals surface area contributed by atoms with Crippen LogP contribution < -0.4 is 21.1 Å². The summed E-state index contributed by atoms with van der Waals surface area (Å²) in [5.41, 5.74) is 12.9. The summed E-state index contributed by atoms with van der Waals surface area (Å²) in [6.45, 7) is 4.12. The van der Waals surface area contributed by atoms with E-state index in [9.17, 15) is 0 Å². The topological polar surface area (TPSA) is 125 Å². The van der Waals surface area contributed by atoms with Crippen LogP contribution in [0.2, 0.25) is 0 Å². The summed E-state index contributed by atoms with van der Waals surface area (Å²) in [5, 5.41) is 0. The van der Waals surface area contributed by atoms with Gasteiger partial charge < -0.3 is 25.8 Å². The van der Waals surface area contributed by atoms with Crippen molar-refractivity contribution in [2.75, 3.05) is 30.4 Å². The summed E-state index contributed by atoms with van der Waals surface area (Å²) < 4.78 is 11.5. The SMILES string of the molecule is C[C@H]1COCCN1c1nc(OC2CC(N)C2)cc(-c2cnc(N)nc2)n1. The summed E-state index contributed by atoms with van der Waals surface area (Å²) in [4.78, 5) is 19.6. The highest BCUT2D eigenvalue weighted by molar-refractivity contribution is 5.60. The van der Waals surface area contributed by atoms with E-state index in [1.807, 2.05) is 6.07 Å². The predicted molar refractivity (Wildman–Crippen MR) is 96.7 cm³/mol. The Morgan fingerprint density at radius 1 is 1.23 bits per heavy atom. The van der Waals surface area contributed by atoms with E-state index in [0.29, 0.717) is 30.7 Å². The molecule has 3 heterocycles. The molecular formula is C17H23N7O2. The lowest BCUT2D eigenvalue weighted by Gasteiger charge is -2.34. The standard InChI is InChI=1S/C17H23N7O2/c1-10-9-25-3-2-24(10)17-22-14(11-7-20-16(19)21-8-11)6-15(23-17)26-13-4-12(18)5-13/h6-8,10,12-13H,2-5,9,18H2,1H3,(H2,19,20,21)/t10-,12?,13?/m0/s1. The molecule has 0 spiro atoms. The van der Waals surface area contributed by atoms with Crippen molar-refractivity contribution < 1.29 is 9.47 Å². The quantitative estimate of drug-likeness (QED) is 0.809. The van der Waals surface area contributed by atoms with Crippen molar-refractivity contribution in [1.82, 2.24) is 19.9 Å². The van der Waals surface area contributed by atoms with Gasteiger partial charge in [-0.05, 0) is 19.8 Å². The largest absolute Gasteiger partial charge is 0.474 e. The van der Waals surface area contributed by atoms with Crippen molar-refractivity contribution in [3.63, 3.8) is 0 Å². The van der Waals surface area contributed by atoms with Crippen LogP contribution in [-0.2, 0) is 4.74 Å². The van der Waals surface area contributed by atoms with Crippen LogP contribution in [0.1, 0.15) is 19.8 Å². The van der Waals surface area contributed by atoms with Crippen LogP contribution in [0.4, 0.5) is 11.9 Å². The zero-order valence-corrected chi connectivity index (χ0v) is 14.7. The first kappa shape index (κ1) is 16.9. The molecule has 0 aromatic carbocycles. The van der Waals surface area contributed by atoms with Crippen LogP contribution >= 0.6 is 0 Å². The lowest BCUT2D eigenvalue weighted by atomic mass is 9.90. The van der Waals surface area contributed by atoms with Gasteiger partial charge in [-0.25, -0.2) is 15.0 Å². The Kier molecular flexibility index (Phi) is 4.56. The number of hydrogen-bond acceptors (Lipinski definition) is 9. The molecule has 0 bridgehead atoms. The number of nitrogens with zero attached hydrogens (tertiary/aromatic N) is 5. The van der Waals surface area contributed by atoms with E-state index >= 15 is 0 Å². The van der Waals surface area contributed by atoms with Gasteiger partial charge in [-0.3, -0.25) is 0 Å². The summed E-state index contributed by atoms with van der Waals surface area (Å²) in [7, 11) is 0. The molecule has 1 atom stereocenters. The van der Waals surface area contributed by atoms with Gasteiger partial charge in [-0.15, -0.1) is 0 Å². The molecule has 9 heteroatoms. The van der Waals surface area contributed by atoms with Gasteiger partial charge in [0.25, 0.3) is 0 Å². The van der Waals surface area contributed by atoms with Gasteiger partial charge >= 0.3 is 0 Å². The average molecular weight is 357 g/mol. The minimum Gasteiger partial charge on any atom is -0.474 e. The number of aromatic nitrogens is 4. The summed E-state index contributed by atoms with van der Waals surface area (Å²) in [5.74, 6) is 1.39. The highest BCUT2D eigenvalue weighted by atomic mass is 16.5. The lowest BCUT2D eigenvalue weighted by molar-refractivity contribution is 0.0929. The predicted octanol–water partition coefficient (Wildman–Crippen LogP) is 0.609. The van der Waals surface area contributed by atoms with E-state index in [0.717, 1.165) is 24.9 Å². The first-order valence-electron chi connectivity index (χ1n) is 8.82. The van der Waals surface area contributed by atoms with Crippen molar-refractivity contribution in [2.24, 2.45) is 5.73 Å². The molecule has 0 radical (unpaired) electrons. The molecule has 4 N–H and O–H groups in total. The Labute approximate surface area is 151 Å². The number of ether oxygens (including phenoxy) is 2. The van der Waals surface area contributed by atoms with Gasteiger partial charge in [0.15, 0.2) is 0 Å². The lowest BCUT2D eigenvalue weighted by Crippen LogP contribution is -2.45. The Hall–Kier alpha value is -2.52. The molecule has 2 aromatic rings. The molecule has 2 fully saturated rings. The normalized spacial score (nSPS) is 25.6. The van der Waals surface area contributed by atoms with Crippen molar-refractivity contribution in [3.05, 3.63) is 18.5 Å². The maximum absolute atomic E-state index is 6.02. The molecule has 9 nitrogen and oxygen atoms in total. The van der Waals surface area contributed by atoms with E-state index in [1.165, 1.54) is 0 Å². The Balaban J connectivity index is 1.67. The van der Waals surface area contributed by atoms with Crippen molar-refractivity contribution in [1.29, 1.82) is 0 Å². The molecular weight excluding hydrogens is 334 g/mol. The third kappa shape index (κ3) is 3.54. The van der Waals surface area contributed by atoms with Crippen LogP contribution in [0, 0.1) is 0 Å². The van der Waals surface area contributed by atoms with Gasteiger partial charge in [0, 0.05) is 36.6 Å². The Morgan fingerprint density at radius 2 is 2.00 bits per heavy atom. The highest BCUT2D eigenvalue weighted by Gasteiger charge is 2.29. The molecule has 1 aliphatic heterocycles. The third-order valence-corrected chi connectivity index (χ3v) is 4.70. The van der Waals surface area contributed by atoms with Gasteiger partial charge in [0.2, 0.25) is 17.8 Å². The van der Waals surface area contributed by atoms with E-state index in [2.05, 4.69) is 26.8 Å². The number of anilines is 2.